The second-order valence-electron chi connectivity index (χ2n) is 1.09. The molecule has 0 amide bonds. The maximum Gasteiger partial charge on any atom is 0.187 e. The average molecular weight is 72.1 g/mol. The summed E-state index contributed by atoms with van der Waals surface area (Å²) in [5, 5.41) is 3.17. The van der Waals surface area contributed by atoms with Crippen LogP contribution in [0.5, 0.6) is 0 Å². The predicted octanol–water partition coefficient (Wildman–Crippen LogP) is 1.44. The highest BCUT2D eigenvalue weighted by molar-refractivity contribution is 5.77. The van der Waals surface area contributed by atoms with Gasteiger partial charge in [-0.15, -0.1) is 0 Å². The predicted molar refractivity (Wildman–Crippen MR) is 23.7 cm³/mol. The molecule has 0 spiro atoms. The van der Waals surface area contributed by atoms with E-state index in [0.29, 0.717) is 0 Å². The zero-order chi connectivity index (χ0) is 4.99. The van der Waals surface area contributed by atoms with Gasteiger partial charge >= 0.3 is 0 Å². The highest BCUT2D eigenvalue weighted by atomic mass is 14.4. The Morgan fingerprint density at radius 3 is 2.80 bits per heavy atom. The van der Waals surface area contributed by atoms with Crippen molar-refractivity contribution in [1.82, 2.24) is 0 Å². The maximum atomic E-state index is 6.40. The van der Waals surface area contributed by atoms with Crippen molar-refractivity contribution in [2.24, 2.45) is 0 Å². The molecule has 0 unspecified atom stereocenters. The van der Waals surface area contributed by atoms with E-state index in [1.807, 2.05) is 13.8 Å². The molecule has 0 saturated carbocycles. The Morgan fingerprint density at radius 1 is 2.20 bits per heavy atom. The molecule has 1 heteroatoms. The second kappa shape index (κ2) is 1.94. The van der Waals surface area contributed by atoms with Crippen LogP contribution in [0.15, 0.2) is 0 Å². The zero-order valence-corrected chi connectivity index (χ0v) is 3.65. The van der Waals surface area contributed by atoms with Crippen molar-refractivity contribution in [3.05, 3.63) is 0 Å². The highest BCUT2D eigenvalue weighted by Crippen LogP contribution is 1.72. The monoisotopic (exact) mass is 72.1 g/mol. The van der Waals surface area contributed by atoms with Crippen molar-refractivity contribution in [2.75, 3.05) is 0 Å². The highest BCUT2D eigenvalue weighted by Gasteiger charge is 1.70. The molecule has 0 fully saturated rings. The lowest BCUT2D eigenvalue weighted by atomic mass is 10.3. The van der Waals surface area contributed by atoms with Crippen LogP contribution in [0.25, 0.3) is 0 Å². The largest absolute Gasteiger partial charge is 0.310 e. The summed E-state index contributed by atoms with van der Waals surface area (Å²) >= 11 is 0. The number of nitrogens with one attached hydrogen (secondary N) is 1. The fourth-order valence-electron chi connectivity index (χ4n) is 0. The van der Waals surface area contributed by atoms with E-state index in [1.54, 1.807) is 0 Å². The Hall–Kier alpha value is -0.330. The van der Waals surface area contributed by atoms with Crippen molar-refractivity contribution in [3.63, 3.8) is 0 Å². The van der Waals surface area contributed by atoms with Crippen LogP contribution >= 0.6 is 0 Å². The normalized spacial score (nSPS) is 14.8. The Balaban J connectivity index is 3.22. The maximum absolute atomic E-state index is 6.40. The van der Waals surface area contributed by atoms with Crippen LogP contribution in [0.1, 0.15) is 20.3 Å². The summed E-state index contributed by atoms with van der Waals surface area (Å²) in [5.74, 6) is 0. The van der Waals surface area contributed by atoms with Crippen LogP contribution < -0.4 is 0 Å². The molecule has 0 aliphatic rings. The summed E-state index contributed by atoms with van der Waals surface area (Å²) in [6, 6.07) is 0. The number of hydrogen-bond acceptors (Lipinski definition) is 1. The SMILES string of the molecule is [2H]/N=C(\C)CC. The molecule has 0 saturated heterocycles. The molecule has 0 aliphatic carbocycles. The molecule has 0 aliphatic heterocycles. The lowest BCUT2D eigenvalue weighted by molar-refractivity contribution is 1.23. The molecule has 0 atom stereocenters. The van der Waals surface area contributed by atoms with E-state index in [1.165, 1.54) is 0 Å². The minimum Gasteiger partial charge on any atom is -0.310 e. The quantitative estimate of drug-likeness (QED) is 0.453. The first-order chi connectivity index (χ1) is 2.81. The van der Waals surface area contributed by atoms with Crippen molar-refractivity contribution in [2.45, 2.75) is 20.3 Å². The third-order valence-corrected chi connectivity index (χ3v) is 0.512. The van der Waals surface area contributed by atoms with E-state index in [2.05, 4.69) is 5.40 Å². The molecule has 5 heavy (non-hydrogen) atoms. The summed E-state index contributed by atoms with van der Waals surface area (Å²) in [4.78, 5) is 0. The first kappa shape index (κ1) is 2.88. The van der Waals surface area contributed by atoms with Crippen molar-refractivity contribution in [1.29, 1.82) is 5.40 Å². The summed E-state index contributed by atoms with van der Waals surface area (Å²) in [7, 11) is 0. The smallest absolute Gasteiger partial charge is 0.187 e. The lowest BCUT2D eigenvalue weighted by Gasteiger charge is -1.77. The van der Waals surface area contributed by atoms with Gasteiger partial charge in [0.25, 0.3) is 0 Å². The van der Waals surface area contributed by atoms with Gasteiger partial charge in [-0.2, -0.15) is 0 Å². The molecule has 0 rings (SSSR count). The number of hydrogen-bond donors (Lipinski definition) is 1. The Kier molecular flexibility index (Phi) is 1.12. The van der Waals surface area contributed by atoms with Crippen molar-refractivity contribution in [3.8, 4) is 0 Å². The van der Waals surface area contributed by atoms with Gasteiger partial charge in [-0.1, -0.05) is 6.92 Å². The van der Waals surface area contributed by atoms with Crippen LogP contribution in [-0.2, 0) is 0 Å². The first-order valence-electron chi connectivity index (χ1n) is 2.23. The van der Waals surface area contributed by atoms with E-state index in [9.17, 15) is 0 Å². The van der Waals surface area contributed by atoms with E-state index in [0.717, 1.165) is 12.1 Å². The summed E-state index contributed by atoms with van der Waals surface area (Å²) < 4.78 is 6.40. The minimum atomic E-state index is 0.884. The second-order valence-corrected chi connectivity index (χ2v) is 1.09. The zero-order valence-electron chi connectivity index (χ0n) is 4.65. The van der Waals surface area contributed by atoms with Gasteiger partial charge < -0.3 is 5.40 Å². The molecular formula is C4H9N. The first-order valence-corrected chi connectivity index (χ1v) is 1.78. The molecule has 30 valence electrons. The van der Waals surface area contributed by atoms with Gasteiger partial charge in [0.05, 0.1) is 0 Å². The van der Waals surface area contributed by atoms with Crippen LogP contribution in [-0.4, -0.2) is 5.71 Å². The molecule has 0 radical (unpaired) electrons. The van der Waals surface area contributed by atoms with Gasteiger partial charge in [0.15, 0.2) is 1.41 Å². The fraction of sp³-hybridized carbons (Fsp3) is 0.750. The average Bonchev–Trinajstić information content (AvgIpc) is 1.65. The van der Waals surface area contributed by atoms with Gasteiger partial charge in [-0.05, 0) is 13.3 Å². The van der Waals surface area contributed by atoms with E-state index in [4.69, 9.17) is 1.41 Å². The Labute approximate surface area is 34.0 Å². The van der Waals surface area contributed by atoms with Crippen LogP contribution in [0.3, 0.4) is 0 Å². The molecule has 1 N–H and O–H groups in total. The summed E-state index contributed by atoms with van der Waals surface area (Å²) in [6.45, 7) is 3.82. The topological polar surface area (TPSA) is 23.9 Å². The van der Waals surface area contributed by atoms with Crippen LogP contribution in [0, 0.1) is 5.40 Å². The number of rotatable bonds is 1. The Bertz CT molecular complexity index is 58.6. The molecule has 0 aromatic rings. The van der Waals surface area contributed by atoms with Crippen LogP contribution in [0.4, 0.5) is 0 Å². The molecule has 1 nitrogen and oxygen atoms in total. The van der Waals surface area contributed by atoms with Gasteiger partial charge in [-0.3, -0.25) is 0 Å². The van der Waals surface area contributed by atoms with Gasteiger partial charge in [-0.25, -0.2) is 0 Å². The van der Waals surface area contributed by atoms with Gasteiger partial charge in [0, 0.05) is 5.71 Å². The van der Waals surface area contributed by atoms with Crippen LogP contribution in [0.2, 0.25) is 1.41 Å². The molecule has 0 aromatic carbocycles. The molecule has 0 aromatic heterocycles. The fourth-order valence-corrected chi connectivity index (χ4v) is 0. The Morgan fingerprint density at radius 2 is 2.80 bits per heavy atom. The van der Waals surface area contributed by atoms with E-state index < -0.39 is 0 Å². The summed E-state index contributed by atoms with van der Waals surface area (Å²) in [5.41, 5.74) is 0.884. The molecule has 0 bridgehead atoms. The van der Waals surface area contributed by atoms with Crippen molar-refractivity contribution >= 4 is 5.71 Å². The lowest BCUT2D eigenvalue weighted by Crippen LogP contribution is -1.78. The van der Waals surface area contributed by atoms with E-state index >= 15 is 0 Å². The third-order valence-electron chi connectivity index (χ3n) is 0.512. The standard InChI is InChI=1S/C4H9N/c1-3-4(2)5/h5H,3H2,1-2H3/b5-4+/i/hD. The van der Waals surface area contributed by atoms with Gasteiger partial charge in [0.1, 0.15) is 0 Å². The van der Waals surface area contributed by atoms with E-state index in [-0.39, 0.29) is 0 Å². The molecule has 0 heterocycles. The van der Waals surface area contributed by atoms with Gasteiger partial charge in [0.2, 0.25) is 0 Å². The third kappa shape index (κ3) is 3.67. The van der Waals surface area contributed by atoms with Crippen molar-refractivity contribution < 1.29 is 1.41 Å². The molecular weight excluding hydrogens is 62.1 g/mol. The summed E-state index contributed by atoms with van der Waals surface area (Å²) in [6.07, 6.45) is 0.892. The minimum absolute atomic E-state index is 0.884.